The van der Waals surface area contributed by atoms with E-state index in [9.17, 15) is 0 Å². The van der Waals surface area contributed by atoms with E-state index in [1.807, 2.05) is 6.07 Å². The summed E-state index contributed by atoms with van der Waals surface area (Å²) in [6, 6.07) is 3.40. The topological polar surface area (TPSA) is 62.7 Å². The largest absolute Gasteiger partial charge is 0.323 e. The van der Waals surface area contributed by atoms with Gasteiger partial charge in [-0.15, -0.1) is 0 Å². The van der Waals surface area contributed by atoms with Gasteiger partial charge in [-0.25, -0.2) is 0 Å². The van der Waals surface area contributed by atoms with Crippen molar-refractivity contribution in [2.45, 2.75) is 12.5 Å². The Kier molecular flexibility index (Phi) is 3.03. The molecule has 1 aromatic rings. The maximum absolute atomic E-state index is 8.40. The lowest BCUT2D eigenvalue weighted by molar-refractivity contribution is 0.747. The molecule has 2 N–H and O–H groups in total. The van der Waals surface area contributed by atoms with Crippen molar-refractivity contribution in [1.82, 2.24) is 4.98 Å². The Hall–Kier alpha value is -1.11. The summed E-state index contributed by atoms with van der Waals surface area (Å²) >= 11 is 5.80. The molecule has 12 heavy (non-hydrogen) atoms. The second-order valence-electron chi connectivity index (χ2n) is 2.37. The maximum atomic E-state index is 8.40. The highest BCUT2D eigenvalue weighted by Crippen LogP contribution is 2.21. The normalized spacial score (nSPS) is 12.1. The van der Waals surface area contributed by atoms with Gasteiger partial charge >= 0.3 is 0 Å². The van der Waals surface area contributed by atoms with Crippen LogP contribution in [0.25, 0.3) is 0 Å². The van der Waals surface area contributed by atoms with Crippen LogP contribution in [0.3, 0.4) is 0 Å². The van der Waals surface area contributed by atoms with E-state index in [2.05, 4.69) is 4.98 Å². The van der Waals surface area contributed by atoms with E-state index in [1.54, 1.807) is 12.3 Å². The van der Waals surface area contributed by atoms with Crippen LogP contribution in [0.1, 0.15) is 18.0 Å². The van der Waals surface area contributed by atoms with E-state index in [-0.39, 0.29) is 12.5 Å². The molecule has 0 aliphatic carbocycles. The Morgan fingerprint density at radius 1 is 1.75 bits per heavy atom. The molecule has 0 amide bonds. The van der Waals surface area contributed by atoms with Crippen LogP contribution in [0.2, 0.25) is 5.02 Å². The minimum atomic E-state index is -0.314. The van der Waals surface area contributed by atoms with Gasteiger partial charge in [-0.3, -0.25) is 4.98 Å². The fourth-order valence-electron chi connectivity index (χ4n) is 0.895. The Balaban J connectivity index is 2.88. The average Bonchev–Trinajstić information content (AvgIpc) is 2.05. The van der Waals surface area contributed by atoms with Gasteiger partial charge in [0.2, 0.25) is 0 Å². The zero-order valence-electron chi connectivity index (χ0n) is 6.37. The monoisotopic (exact) mass is 181 g/mol. The molecule has 0 aliphatic heterocycles. The third-order valence-corrected chi connectivity index (χ3v) is 1.83. The third kappa shape index (κ3) is 1.94. The SMILES string of the molecule is N#CCC(N)c1ccncc1Cl. The number of pyridine rings is 1. The first kappa shape index (κ1) is 8.98. The molecule has 1 rings (SSSR count). The number of halogens is 1. The standard InChI is InChI=1S/C8H8ClN3/c9-7-5-12-4-2-6(7)8(11)1-3-10/h2,4-5,8H,1,11H2. The molecule has 0 saturated heterocycles. The van der Waals surface area contributed by atoms with Crippen molar-refractivity contribution < 1.29 is 0 Å². The highest BCUT2D eigenvalue weighted by atomic mass is 35.5. The highest BCUT2D eigenvalue weighted by molar-refractivity contribution is 6.31. The predicted octanol–water partition coefficient (Wildman–Crippen LogP) is 1.65. The zero-order valence-corrected chi connectivity index (χ0v) is 7.12. The summed E-state index contributed by atoms with van der Waals surface area (Å²) < 4.78 is 0. The Labute approximate surface area is 75.8 Å². The first-order chi connectivity index (χ1) is 5.75. The molecule has 4 heteroatoms. The summed E-state index contributed by atoms with van der Waals surface area (Å²) in [5.74, 6) is 0. The van der Waals surface area contributed by atoms with E-state index in [4.69, 9.17) is 22.6 Å². The molecule has 62 valence electrons. The molecule has 3 nitrogen and oxygen atoms in total. The third-order valence-electron chi connectivity index (χ3n) is 1.51. The van der Waals surface area contributed by atoms with Crippen LogP contribution < -0.4 is 5.73 Å². The van der Waals surface area contributed by atoms with Gasteiger partial charge in [0.15, 0.2) is 0 Å². The van der Waals surface area contributed by atoms with Crippen LogP contribution in [0.4, 0.5) is 0 Å². The molecule has 0 fully saturated rings. The molecule has 0 saturated carbocycles. The fraction of sp³-hybridized carbons (Fsp3) is 0.250. The summed E-state index contributed by atoms with van der Waals surface area (Å²) in [7, 11) is 0. The van der Waals surface area contributed by atoms with Crippen molar-refractivity contribution in [2.75, 3.05) is 0 Å². The molecular weight excluding hydrogens is 174 g/mol. The Morgan fingerprint density at radius 2 is 2.50 bits per heavy atom. The summed E-state index contributed by atoms with van der Waals surface area (Å²) in [5, 5.41) is 8.91. The van der Waals surface area contributed by atoms with Gasteiger partial charge in [-0.2, -0.15) is 5.26 Å². The van der Waals surface area contributed by atoms with Gasteiger partial charge in [0.25, 0.3) is 0 Å². The number of nitrogens with zero attached hydrogens (tertiary/aromatic N) is 2. The highest BCUT2D eigenvalue weighted by Gasteiger charge is 2.08. The summed E-state index contributed by atoms with van der Waals surface area (Å²) in [5.41, 5.74) is 6.44. The van der Waals surface area contributed by atoms with Crippen LogP contribution in [0, 0.1) is 11.3 Å². The van der Waals surface area contributed by atoms with Crippen molar-refractivity contribution in [3.63, 3.8) is 0 Å². The summed E-state index contributed by atoms with van der Waals surface area (Å²) in [4.78, 5) is 3.82. The molecule has 0 aromatic carbocycles. The fourth-order valence-corrected chi connectivity index (χ4v) is 1.15. The smallest absolute Gasteiger partial charge is 0.0641 e. The number of hydrogen-bond acceptors (Lipinski definition) is 3. The van der Waals surface area contributed by atoms with Crippen LogP contribution in [-0.2, 0) is 0 Å². The van der Waals surface area contributed by atoms with E-state index >= 15 is 0 Å². The predicted molar refractivity (Wildman–Crippen MR) is 46.4 cm³/mol. The van der Waals surface area contributed by atoms with Gasteiger partial charge in [0, 0.05) is 18.4 Å². The Bertz CT molecular complexity index is 305. The molecule has 1 atom stereocenters. The van der Waals surface area contributed by atoms with Crippen molar-refractivity contribution in [2.24, 2.45) is 5.73 Å². The minimum Gasteiger partial charge on any atom is -0.323 e. The van der Waals surface area contributed by atoms with Crippen LogP contribution in [0.15, 0.2) is 18.5 Å². The van der Waals surface area contributed by atoms with E-state index in [0.29, 0.717) is 5.02 Å². The number of aromatic nitrogens is 1. The van der Waals surface area contributed by atoms with E-state index < -0.39 is 0 Å². The van der Waals surface area contributed by atoms with Gasteiger partial charge in [-0.1, -0.05) is 11.6 Å². The number of nitriles is 1. The van der Waals surface area contributed by atoms with E-state index in [0.717, 1.165) is 5.56 Å². The maximum Gasteiger partial charge on any atom is 0.0641 e. The van der Waals surface area contributed by atoms with Gasteiger partial charge in [0.05, 0.1) is 17.5 Å². The van der Waals surface area contributed by atoms with Crippen LogP contribution in [-0.4, -0.2) is 4.98 Å². The van der Waals surface area contributed by atoms with Crippen molar-refractivity contribution in [3.05, 3.63) is 29.0 Å². The molecule has 0 spiro atoms. The lowest BCUT2D eigenvalue weighted by atomic mass is 10.1. The molecule has 0 aliphatic rings. The number of hydrogen-bond donors (Lipinski definition) is 1. The van der Waals surface area contributed by atoms with Crippen LogP contribution in [0.5, 0.6) is 0 Å². The molecule has 1 unspecified atom stereocenters. The summed E-state index contributed by atoms with van der Waals surface area (Å²) in [6.45, 7) is 0. The van der Waals surface area contributed by atoms with Gasteiger partial charge in [0.1, 0.15) is 0 Å². The number of nitrogens with two attached hydrogens (primary N) is 1. The van der Waals surface area contributed by atoms with Crippen molar-refractivity contribution in [3.8, 4) is 6.07 Å². The summed E-state index contributed by atoms with van der Waals surface area (Å²) in [6.07, 6.45) is 3.40. The number of rotatable bonds is 2. The zero-order chi connectivity index (χ0) is 8.97. The van der Waals surface area contributed by atoms with Crippen molar-refractivity contribution >= 4 is 11.6 Å². The molecular formula is C8H8ClN3. The Morgan fingerprint density at radius 3 is 3.08 bits per heavy atom. The second kappa shape index (κ2) is 4.05. The molecule has 1 aromatic heterocycles. The first-order valence-electron chi connectivity index (χ1n) is 3.47. The van der Waals surface area contributed by atoms with Gasteiger partial charge in [-0.05, 0) is 11.6 Å². The second-order valence-corrected chi connectivity index (χ2v) is 2.77. The first-order valence-corrected chi connectivity index (χ1v) is 3.85. The lowest BCUT2D eigenvalue weighted by Gasteiger charge is -2.08. The van der Waals surface area contributed by atoms with Crippen LogP contribution >= 0.6 is 11.6 Å². The molecule has 0 bridgehead atoms. The minimum absolute atomic E-state index is 0.268. The quantitative estimate of drug-likeness (QED) is 0.755. The van der Waals surface area contributed by atoms with E-state index in [1.165, 1.54) is 6.20 Å². The van der Waals surface area contributed by atoms with Gasteiger partial charge < -0.3 is 5.73 Å². The average molecular weight is 182 g/mol. The van der Waals surface area contributed by atoms with Crippen molar-refractivity contribution in [1.29, 1.82) is 5.26 Å². The molecule has 1 heterocycles. The molecule has 0 radical (unpaired) electrons. The lowest BCUT2D eigenvalue weighted by Crippen LogP contribution is -2.09.